The van der Waals surface area contributed by atoms with Gasteiger partial charge in [0.25, 0.3) is 5.91 Å². The Kier molecular flexibility index (Phi) is 5.62. The maximum atomic E-state index is 11.9. The lowest BCUT2D eigenvalue weighted by atomic mass is 10.2. The third kappa shape index (κ3) is 4.16. The molecule has 0 aromatic heterocycles. The van der Waals surface area contributed by atoms with E-state index in [0.29, 0.717) is 28.3 Å². The van der Waals surface area contributed by atoms with Crippen LogP contribution in [0.5, 0.6) is 11.5 Å². The van der Waals surface area contributed by atoms with Crippen molar-refractivity contribution in [1.82, 2.24) is 0 Å². The van der Waals surface area contributed by atoms with Crippen LogP contribution in [0.25, 0.3) is 0 Å². The highest BCUT2D eigenvalue weighted by Crippen LogP contribution is 2.27. The van der Waals surface area contributed by atoms with Crippen molar-refractivity contribution in [3.05, 3.63) is 52.5 Å². The molecule has 2 rings (SSSR count). The summed E-state index contributed by atoms with van der Waals surface area (Å²) in [6.45, 7) is -0.250. The summed E-state index contributed by atoms with van der Waals surface area (Å²) in [6.07, 6.45) is 0. The van der Waals surface area contributed by atoms with Crippen LogP contribution in [-0.2, 0) is 4.79 Å². The number of hydrogen-bond donors (Lipinski definition) is 1. The van der Waals surface area contributed by atoms with E-state index in [0.717, 1.165) is 0 Å². The van der Waals surface area contributed by atoms with E-state index in [1.807, 2.05) is 12.1 Å². The molecular formula is C17H12ClN3O3. The Morgan fingerprint density at radius 1 is 1.17 bits per heavy atom. The zero-order chi connectivity index (χ0) is 17.5. The van der Waals surface area contributed by atoms with Crippen LogP contribution in [0.15, 0.2) is 36.4 Å². The van der Waals surface area contributed by atoms with E-state index in [-0.39, 0.29) is 11.6 Å². The number of halogens is 1. The van der Waals surface area contributed by atoms with Crippen molar-refractivity contribution in [3.63, 3.8) is 0 Å². The quantitative estimate of drug-likeness (QED) is 0.901. The minimum atomic E-state index is -0.401. The number of rotatable bonds is 5. The van der Waals surface area contributed by atoms with E-state index in [2.05, 4.69) is 5.32 Å². The van der Waals surface area contributed by atoms with E-state index in [1.165, 1.54) is 25.3 Å². The monoisotopic (exact) mass is 341 g/mol. The van der Waals surface area contributed by atoms with Crippen LogP contribution in [0, 0.1) is 22.7 Å². The standard InChI is InChI=1S/C17H12ClN3O3/c1-23-16-6-11(8-19)2-5-15(16)24-10-17(22)21-13-4-3-12(9-20)14(18)7-13/h2-7H,10H2,1H3,(H,21,22). The summed E-state index contributed by atoms with van der Waals surface area (Å²) in [5.74, 6) is 0.315. The van der Waals surface area contributed by atoms with Gasteiger partial charge in [-0.2, -0.15) is 10.5 Å². The lowest BCUT2D eigenvalue weighted by Crippen LogP contribution is -2.20. The summed E-state index contributed by atoms with van der Waals surface area (Å²) in [5.41, 5.74) is 1.21. The van der Waals surface area contributed by atoms with Gasteiger partial charge in [-0.15, -0.1) is 0 Å². The van der Waals surface area contributed by atoms with Gasteiger partial charge in [0.05, 0.1) is 29.3 Å². The van der Waals surface area contributed by atoms with Crippen molar-refractivity contribution >= 4 is 23.2 Å². The lowest BCUT2D eigenvalue weighted by Gasteiger charge is -2.11. The van der Waals surface area contributed by atoms with E-state index in [9.17, 15) is 4.79 Å². The number of methoxy groups -OCH3 is 1. The lowest BCUT2D eigenvalue weighted by molar-refractivity contribution is -0.118. The van der Waals surface area contributed by atoms with Gasteiger partial charge in [0.1, 0.15) is 6.07 Å². The Labute approximate surface area is 143 Å². The summed E-state index contributed by atoms with van der Waals surface area (Å²) in [6, 6.07) is 13.2. The molecule has 0 radical (unpaired) electrons. The second-order valence-corrected chi connectivity index (χ2v) is 5.03. The second-order valence-electron chi connectivity index (χ2n) is 4.62. The van der Waals surface area contributed by atoms with Crippen molar-refractivity contribution < 1.29 is 14.3 Å². The first-order valence-electron chi connectivity index (χ1n) is 6.78. The number of nitrogens with zero attached hydrogens (tertiary/aromatic N) is 2. The summed E-state index contributed by atoms with van der Waals surface area (Å²) < 4.78 is 10.5. The first-order valence-corrected chi connectivity index (χ1v) is 7.15. The van der Waals surface area contributed by atoms with Crippen molar-refractivity contribution in [2.45, 2.75) is 0 Å². The number of carbonyl (C=O) groups excluding carboxylic acids is 1. The van der Waals surface area contributed by atoms with Gasteiger partial charge in [0.15, 0.2) is 18.1 Å². The Hall–Kier alpha value is -3.22. The summed E-state index contributed by atoms with van der Waals surface area (Å²) in [4.78, 5) is 11.9. The molecule has 0 saturated carbocycles. The van der Waals surface area contributed by atoms with Gasteiger partial charge in [0, 0.05) is 11.8 Å². The van der Waals surface area contributed by atoms with Crippen molar-refractivity contribution in [2.24, 2.45) is 0 Å². The minimum absolute atomic E-state index is 0.250. The van der Waals surface area contributed by atoms with E-state index >= 15 is 0 Å². The molecule has 24 heavy (non-hydrogen) atoms. The van der Waals surface area contributed by atoms with Crippen LogP contribution >= 0.6 is 11.6 Å². The molecule has 0 spiro atoms. The van der Waals surface area contributed by atoms with Crippen LogP contribution in [0.1, 0.15) is 11.1 Å². The van der Waals surface area contributed by atoms with Gasteiger partial charge in [-0.05, 0) is 30.3 Å². The Morgan fingerprint density at radius 3 is 2.58 bits per heavy atom. The first kappa shape index (κ1) is 17.1. The van der Waals surface area contributed by atoms with E-state index in [1.54, 1.807) is 18.2 Å². The molecule has 0 aliphatic heterocycles. The molecule has 0 bridgehead atoms. The number of anilines is 1. The zero-order valence-corrected chi connectivity index (χ0v) is 13.4. The average molecular weight is 342 g/mol. The van der Waals surface area contributed by atoms with Crippen LogP contribution in [0.2, 0.25) is 5.02 Å². The third-order valence-corrected chi connectivity index (χ3v) is 3.34. The Bertz CT molecular complexity index is 853. The molecule has 6 nitrogen and oxygen atoms in total. The fourth-order valence-corrected chi connectivity index (χ4v) is 2.10. The number of nitrogens with one attached hydrogen (secondary N) is 1. The van der Waals surface area contributed by atoms with Crippen LogP contribution in [0.4, 0.5) is 5.69 Å². The summed E-state index contributed by atoms with van der Waals surface area (Å²) in [7, 11) is 1.45. The molecule has 0 aliphatic rings. The number of carbonyl (C=O) groups is 1. The molecule has 0 heterocycles. The molecule has 0 saturated heterocycles. The molecule has 0 unspecified atom stereocenters. The summed E-state index contributed by atoms with van der Waals surface area (Å²) in [5, 5.41) is 20.5. The van der Waals surface area contributed by atoms with Crippen molar-refractivity contribution in [2.75, 3.05) is 19.0 Å². The normalized spacial score (nSPS) is 9.50. The zero-order valence-electron chi connectivity index (χ0n) is 12.7. The number of hydrogen-bond acceptors (Lipinski definition) is 5. The highest BCUT2D eigenvalue weighted by atomic mass is 35.5. The maximum absolute atomic E-state index is 11.9. The fraction of sp³-hybridized carbons (Fsp3) is 0.118. The van der Waals surface area contributed by atoms with Gasteiger partial charge in [-0.1, -0.05) is 11.6 Å². The Balaban J connectivity index is 2.00. The van der Waals surface area contributed by atoms with Gasteiger partial charge in [-0.3, -0.25) is 4.79 Å². The number of ether oxygens (including phenoxy) is 2. The number of benzene rings is 2. The molecular weight excluding hydrogens is 330 g/mol. The first-order chi connectivity index (χ1) is 11.6. The van der Waals surface area contributed by atoms with Gasteiger partial charge >= 0.3 is 0 Å². The van der Waals surface area contributed by atoms with E-state index in [4.69, 9.17) is 31.6 Å². The number of amides is 1. The largest absolute Gasteiger partial charge is 0.493 e. The molecule has 2 aromatic carbocycles. The van der Waals surface area contributed by atoms with Crippen molar-refractivity contribution in [1.29, 1.82) is 10.5 Å². The van der Waals surface area contributed by atoms with Crippen molar-refractivity contribution in [3.8, 4) is 23.6 Å². The molecule has 0 fully saturated rings. The SMILES string of the molecule is COc1cc(C#N)ccc1OCC(=O)Nc1ccc(C#N)c(Cl)c1. The van der Waals surface area contributed by atoms with Gasteiger partial charge in [-0.25, -0.2) is 0 Å². The topological polar surface area (TPSA) is 95.1 Å². The van der Waals surface area contributed by atoms with Crippen LogP contribution < -0.4 is 14.8 Å². The van der Waals surface area contributed by atoms with Gasteiger partial charge in [0.2, 0.25) is 0 Å². The molecule has 1 N–H and O–H groups in total. The van der Waals surface area contributed by atoms with E-state index < -0.39 is 5.91 Å². The molecule has 2 aromatic rings. The number of nitriles is 2. The summed E-state index contributed by atoms with van der Waals surface area (Å²) >= 11 is 5.91. The minimum Gasteiger partial charge on any atom is -0.493 e. The highest BCUT2D eigenvalue weighted by Gasteiger charge is 2.10. The molecule has 0 atom stereocenters. The average Bonchev–Trinajstić information content (AvgIpc) is 2.60. The Morgan fingerprint density at radius 2 is 1.96 bits per heavy atom. The third-order valence-electron chi connectivity index (χ3n) is 3.02. The fourth-order valence-electron chi connectivity index (χ4n) is 1.88. The molecule has 7 heteroatoms. The van der Waals surface area contributed by atoms with Crippen LogP contribution in [-0.4, -0.2) is 19.6 Å². The van der Waals surface area contributed by atoms with Gasteiger partial charge < -0.3 is 14.8 Å². The predicted molar refractivity (Wildman–Crippen MR) is 88.0 cm³/mol. The van der Waals surface area contributed by atoms with Crippen LogP contribution in [0.3, 0.4) is 0 Å². The molecule has 120 valence electrons. The predicted octanol–water partition coefficient (Wildman–Crippen LogP) is 3.11. The molecule has 1 amide bonds. The maximum Gasteiger partial charge on any atom is 0.262 e. The molecule has 0 aliphatic carbocycles. The second kappa shape index (κ2) is 7.87. The highest BCUT2D eigenvalue weighted by molar-refractivity contribution is 6.32. The smallest absolute Gasteiger partial charge is 0.262 e.